The Morgan fingerprint density at radius 3 is 2.72 bits per heavy atom. The number of hydrogen-bond acceptors (Lipinski definition) is 6. The second kappa shape index (κ2) is 7.09. The zero-order chi connectivity index (χ0) is 17.9. The third-order valence-corrected chi connectivity index (χ3v) is 3.67. The molecule has 7 nitrogen and oxygen atoms in total. The number of morpholine rings is 1. The van der Waals surface area contributed by atoms with Crippen LogP contribution in [0.2, 0.25) is 0 Å². The number of benzene rings is 1. The normalized spacial score (nSPS) is 18.2. The minimum atomic E-state index is -4.42. The van der Waals surface area contributed by atoms with Crippen LogP contribution in [0.25, 0.3) is 0 Å². The van der Waals surface area contributed by atoms with Crippen molar-refractivity contribution in [3.05, 3.63) is 42.0 Å². The van der Waals surface area contributed by atoms with Crippen molar-refractivity contribution in [2.75, 3.05) is 26.4 Å². The van der Waals surface area contributed by atoms with Gasteiger partial charge in [-0.15, -0.1) is 0 Å². The van der Waals surface area contributed by atoms with Crippen molar-refractivity contribution < 1.29 is 32.0 Å². The second-order valence-electron chi connectivity index (χ2n) is 5.28. The summed E-state index contributed by atoms with van der Waals surface area (Å²) in [4.78, 5) is 17.8. The Morgan fingerprint density at radius 1 is 1.32 bits per heavy atom. The number of alkyl halides is 3. The molecule has 1 atom stereocenters. The van der Waals surface area contributed by atoms with E-state index in [-0.39, 0.29) is 24.9 Å². The lowest BCUT2D eigenvalue weighted by Crippen LogP contribution is -2.45. The maximum absolute atomic E-state index is 12.5. The molecule has 0 N–H and O–H groups in total. The second-order valence-corrected chi connectivity index (χ2v) is 5.28. The summed E-state index contributed by atoms with van der Waals surface area (Å²) < 4.78 is 52.9. The highest BCUT2D eigenvalue weighted by Crippen LogP contribution is 2.30. The molecule has 1 aromatic carbocycles. The largest absolute Gasteiger partial charge is 0.484 e. The number of carbonyl (C=O) groups is 1. The van der Waals surface area contributed by atoms with E-state index in [1.54, 1.807) is 0 Å². The molecule has 0 spiro atoms. The number of halogens is 3. The molecule has 1 aliphatic rings. The molecule has 134 valence electrons. The molecule has 1 amide bonds. The first-order valence-corrected chi connectivity index (χ1v) is 7.38. The average Bonchev–Trinajstić information content (AvgIpc) is 3.14. The van der Waals surface area contributed by atoms with E-state index in [9.17, 15) is 18.0 Å². The number of amides is 1. The quantitative estimate of drug-likeness (QED) is 0.834. The van der Waals surface area contributed by atoms with Crippen LogP contribution in [0.3, 0.4) is 0 Å². The Morgan fingerprint density at radius 2 is 2.08 bits per heavy atom. The summed E-state index contributed by atoms with van der Waals surface area (Å²) in [5.41, 5.74) is -0.781. The minimum absolute atomic E-state index is 0.172. The third kappa shape index (κ3) is 4.08. The van der Waals surface area contributed by atoms with Crippen LogP contribution in [0.1, 0.15) is 17.4 Å². The van der Waals surface area contributed by atoms with Gasteiger partial charge < -0.3 is 18.9 Å². The molecular weight excluding hydrogens is 343 g/mol. The molecule has 0 saturated carbocycles. The summed E-state index contributed by atoms with van der Waals surface area (Å²) in [6, 6.07) is 3.65. The number of hydrogen-bond donors (Lipinski definition) is 0. The van der Waals surface area contributed by atoms with E-state index < -0.39 is 17.8 Å². The van der Waals surface area contributed by atoms with Gasteiger partial charge in [0, 0.05) is 6.54 Å². The molecule has 1 aliphatic heterocycles. The Labute approximate surface area is 140 Å². The van der Waals surface area contributed by atoms with Gasteiger partial charge in [0.1, 0.15) is 11.8 Å². The number of carbonyl (C=O) groups excluding carboxylic acids is 1. The maximum atomic E-state index is 12.5. The fourth-order valence-electron chi connectivity index (χ4n) is 2.41. The van der Waals surface area contributed by atoms with Crippen LogP contribution >= 0.6 is 0 Å². The highest BCUT2D eigenvalue weighted by molar-refractivity contribution is 5.78. The van der Waals surface area contributed by atoms with Gasteiger partial charge in [0.2, 0.25) is 6.39 Å². The standard InChI is InChI=1S/C15H14F3N3O4/c16-15(17,18)10-1-3-11(4-2-10)24-8-13(22)21-5-6-23-7-12(21)14-19-9-25-20-14/h1-4,9,12H,5-8H2. The number of nitrogens with zero attached hydrogens (tertiary/aromatic N) is 3. The SMILES string of the molecule is O=C(COc1ccc(C(F)(F)F)cc1)N1CCOCC1c1ncon1. The van der Waals surface area contributed by atoms with E-state index in [4.69, 9.17) is 9.47 Å². The van der Waals surface area contributed by atoms with E-state index in [0.717, 1.165) is 18.5 Å². The lowest BCUT2D eigenvalue weighted by molar-refractivity contribution is -0.143. The molecule has 0 aliphatic carbocycles. The number of ether oxygens (including phenoxy) is 2. The molecule has 2 heterocycles. The van der Waals surface area contributed by atoms with Crippen molar-refractivity contribution in [2.45, 2.75) is 12.2 Å². The molecule has 1 fully saturated rings. The molecule has 0 bridgehead atoms. The first kappa shape index (κ1) is 17.2. The highest BCUT2D eigenvalue weighted by Gasteiger charge is 2.32. The summed E-state index contributed by atoms with van der Waals surface area (Å²) in [5, 5.41) is 3.72. The molecular formula is C15H14F3N3O4. The fourth-order valence-corrected chi connectivity index (χ4v) is 2.41. The van der Waals surface area contributed by atoms with Crippen LogP contribution in [0.4, 0.5) is 13.2 Å². The van der Waals surface area contributed by atoms with Crippen LogP contribution in [0.5, 0.6) is 5.75 Å². The molecule has 3 rings (SSSR count). The third-order valence-electron chi connectivity index (χ3n) is 3.67. The van der Waals surface area contributed by atoms with Crippen LogP contribution in [-0.2, 0) is 15.7 Å². The number of rotatable bonds is 4. The van der Waals surface area contributed by atoms with E-state index in [1.807, 2.05) is 0 Å². The molecule has 25 heavy (non-hydrogen) atoms. The van der Waals surface area contributed by atoms with Gasteiger partial charge in [0.25, 0.3) is 5.91 Å². The topological polar surface area (TPSA) is 77.7 Å². The van der Waals surface area contributed by atoms with Crippen molar-refractivity contribution in [3.8, 4) is 5.75 Å². The van der Waals surface area contributed by atoms with Crippen LogP contribution in [0.15, 0.2) is 35.2 Å². The summed E-state index contributed by atoms with van der Waals surface area (Å²) in [6.07, 6.45) is -3.26. The number of aromatic nitrogens is 2. The zero-order valence-electron chi connectivity index (χ0n) is 12.9. The van der Waals surface area contributed by atoms with Crippen molar-refractivity contribution >= 4 is 5.91 Å². The minimum Gasteiger partial charge on any atom is -0.484 e. The van der Waals surface area contributed by atoms with Crippen molar-refractivity contribution in [1.29, 1.82) is 0 Å². The monoisotopic (exact) mass is 357 g/mol. The van der Waals surface area contributed by atoms with Gasteiger partial charge in [-0.1, -0.05) is 5.16 Å². The van der Waals surface area contributed by atoms with E-state index in [2.05, 4.69) is 14.7 Å². The van der Waals surface area contributed by atoms with E-state index in [0.29, 0.717) is 19.0 Å². The summed E-state index contributed by atoms with van der Waals surface area (Å²) in [5.74, 6) is 0.145. The molecule has 1 saturated heterocycles. The first-order chi connectivity index (χ1) is 11.9. The summed E-state index contributed by atoms with van der Waals surface area (Å²) in [6.45, 7) is 0.597. The molecule has 10 heteroatoms. The Balaban J connectivity index is 1.61. The van der Waals surface area contributed by atoms with E-state index >= 15 is 0 Å². The molecule has 1 unspecified atom stereocenters. The van der Waals surface area contributed by atoms with Crippen LogP contribution in [0, 0.1) is 0 Å². The van der Waals surface area contributed by atoms with Gasteiger partial charge in [0.05, 0.1) is 18.8 Å². The van der Waals surface area contributed by atoms with Crippen molar-refractivity contribution in [2.24, 2.45) is 0 Å². The zero-order valence-corrected chi connectivity index (χ0v) is 12.9. The van der Waals surface area contributed by atoms with Gasteiger partial charge in [-0.05, 0) is 24.3 Å². The predicted molar refractivity (Wildman–Crippen MR) is 76.5 cm³/mol. The van der Waals surface area contributed by atoms with Gasteiger partial charge in [0.15, 0.2) is 12.4 Å². The Bertz CT molecular complexity index is 704. The lowest BCUT2D eigenvalue weighted by atomic mass is 10.2. The fraction of sp³-hybridized carbons (Fsp3) is 0.400. The average molecular weight is 357 g/mol. The first-order valence-electron chi connectivity index (χ1n) is 7.38. The Kier molecular flexibility index (Phi) is 4.88. The van der Waals surface area contributed by atoms with Gasteiger partial charge in [-0.3, -0.25) is 4.79 Å². The van der Waals surface area contributed by atoms with Gasteiger partial charge in [-0.2, -0.15) is 18.2 Å². The Hall–Kier alpha value is -2.62. The summed E-state index contributed by atoms with van der Waals surface area (Å²) in [7, 11) is 0. The van der Waals surface area contributed by atoms with Gasteiger partial charge in [-0.25, -0.2) is 0 Å². The van der Waals surface area contributed by atoms with Crippen LogP contribution in [-0.4, -0.2) is 47.3 Å². The van der Waals surface area contributed by atoms with Crippen molar-refractivity contribution in [3.63, 3.8) is 0 Å². The van der Waals surface area contributed by atoms with Gasteiger partial charge >= 0.3 is 6.18 Å². The summed E-state index contributed by atoms with van der Waals surface area (Å²) >= 11 is 0. The molecule has 1 aromatic heterocycles. The smallest absolute Gasteiger partial charge is 0.416 e. The predicted octanol–water partition coefficient (Wildman–Crippen LogP) is 2.07. The molecule has 2 aromatic rings. The van der Waals surface area contributed by atoms with Crippen molar-refractivity contribution in [1.82, 2.24) is 15.0 Å². The van der Waals surface area contributed by atoms with E-state index in [1.165, 1.54) is 17.0 Å². The lowest BCUT2D eigenvalue weighted by Gasteiger charge is -2.33. The maximum Gasteiger partial charge on any atom is 0.416 e. The van der Waals surface area contributed by atoms with Crippen LogP contribution < -0.4 is 4.74 Å². The molecule has 0 radical (unpaired) electrons. The highest BCUT2D eigenvalue weighted by atomic mass is 19.4.